The first-order chi connectivity index (χ1) is 6.99. The Balaban J connectivity index is 4.45. The predicted molar refractivity (Wildman–Crippen MR) is 63.6 cm³/mol. The van der Waals surface area contributed by atoms with E-state index in [4.69, 9.17) is 10.6 Å². The molecular weight excluding hydrogens is 192 g/mol. The van der Waals surface area contributed by atoms with Gasteiger partial charge in [0.15, 0.2) is 0 Å². The molecule has 0 aliphatic carbocycles. The van der Waals surface area contributed by atoms with E-state index in [2.05, 4.69) is 31.2 Å². The molecule has 0 aromatic heterocycles. The lowest BCUT2D eigenvalue weighted by Gasteiger charge is -2.36. The Kier molecular flexibility index (Phi) is 6.27. The molecule has 0 amide bonds. The Morgan fingerprint density at radius 1 is 1.53 bits per heavy atom. The number of hydrogen-bond donors (Lipinski definition) is 2. The minimum atomic E-state index is 0.0400. The molecule has 0 atom stereocenters. The molecule has 3 N–H and O–H groups in total. The number of ether oxygens (including phenoxy) is 1. The van der Waals surface area contributed by atoms with Gasteiger partial charge in [-0.3, -0.25) is 5.43 Å². The molecule has 5 heteroatoms. The van der Waals surface area contributed by atoms with Gasteiger partial charge in [0.25, 0.3) is 0 Å². The Hall–Kier alpha value is -0.810. The van der Waals surface area contributed by atoms with Gasteiger partial charge in [-0.05, 0) is 20.3 Å². The number of nitrogens with two attached hydrogens (primary N) is 1. The van der Waals surface area contributed by atoms with Crippen LogP contribution in [0.3, 0.4) is 0 Å². The van der Waals surface area contributed by atoms with Gasteiger partial charge in [-0.2, -0.15) is 0 Å². The van der Waals surface area contributed by atoms with Crippen LogP contribution in [0.5, 0.6) is 0 Å². The SMILES string of the molecule is CCC(C)(C)N(C)C(=NCCOC)NN. The molecule has 0 heterocycles. The minimum absolute atomic E-state index is 0.0400. The van der Waals surface area contributed by atoms with Crippen molar-refractivity contribution in [1.82, 2.24) is 10.3 Å². The van der Waals surface area contributed by atoms with Gasteiger partial charge >= 0.3 is 0 Å². The van der Waals surface area contributed by atoms with Crippen molar-refractivity contribution >= 4 is 5.96 Å². The Bertz CT molecular complexity index is 204. The summed E-state index contributed by atoms with van der Waals surface area (Å²) in [6, 6.07) is 0. The molecule has 0 bridgehead atoms. The maximum Gasteiger partial charge on any atom is 0.208 e. The van der Waals surface area contributed by atoms with Crippen molar-refractivity contribution in [3.63, 3.8) is 0 Å². The van der Waals surface area contributed by atoms with E-state index >= 15 is 0 Å². The van der Waals surface area contributed by atoms with Gasteiger partial charge in [-0.15, -0.1) is 0 Å². The van der Waals surface area contributed by atoms with Crippen LogP contribution >= 0.6 is 0 Å². The van der Waals surface area contributed by atoms with Crippen LogP contribution in [0.15, 0.2) is 4.99 Å². The molecule has 90 valence electrons. The fourth-order valence-electron chi connectivity index (χ4n) is 1.02. The molecule has 0 spiro atoms. The van der Waals surface area contributed by atoms with Crippen molar-refractivity contribution in [2.75, 3.05) is 27.3 Å². The molecule has 0 aromatic carbocycles. The predicted octanol–water partition coefficient (Wildman–Crippen LogP) is 0.573. The average molecular weight is 216 g/mol. The quantitative estimate of drug-likeness (QED) is 0.232. The molecule has 5 nitrogen and oxygen atoms in total. The van der Waals surface area contributed by atoms with Gasteiger partial charge in [0, 0.05) is 19.7 Å². The van der Waals surface area contributed by atoms with E-state index in [-0.39, 0.29) is 5.54 Å². The molecule has 0 unspecified atom stereocenters. The van der Waals surface area contributed by atoms with Crippen LogP contribution in [0.25, 0.3) is 0 Å². The number of methoxy groups -OCH3 is 1. The lowest BCUT2D eigenvalue weighted by atomic mass is 10.0. The minimum Gasteiger partial charge on any atom is -0.383 e. The monoisotopic (exact) mass is 216 g/mol. The van der Waals surface area contributed by atoms with Crippen molar-refractivity contribution in [1.29, 1.82) is 0 Å². The molecule has 0 saturated carbocycles. The number of aliphatic imine (C=N–C) groups is 1. The third kappa shape index (κ3) is 4.48. The van der Waals surface area contributed by atoms with Crippen molar-refractivity contribution in [3.05, 3.63) is 0 Å². The Morgan fingerprint density at radius 2 is 2.13 bits per heavy atom. The smallest absolute Gasteiger partial charge is 0.208 e. The van der Waals surface area contributed by atoms with E-state index in [1.165, 1.54) is 0 Å². The number of guanidine groups is 1. The molecule has 0 aromatic rings. The van der Waals surface area contributed by atoms with E-state index in [1.54, 1.807) is 7.11 Å². The summed E-state index contributed by atoms with van der Waals surface area (Å²) in [6.45, 7) is 7.65. The molecular formula is C10H24N4O. The second-order valence-corrected chi connectivity index (χ2v) is 4.07. The summed E-state index contributed by atoms with van der Waals surface area (Å²) in [4.78, 5) is 6.37. The Morgan fingerprint density at radius 3 is 2.53 bits per heavy atom. The van der Waals surface area contributed by atoms with E-state index in [9.17, 15) is 0 Å². The summed E-state index contributed by atoms with van der Waals surface area (Å²) in [5, 5.41) is 0. The highest BCUT2D eigenvalue weighted by Gasteiger charge is 2.23. The van der Waals surface area contributed by atoms with Gasteiger partial charge in [0.05, 0.1) is 13.2 Å². The van der Waals surface area contributed by atoms with Crippen LogP contribution in [0.4, 0.5) is 0 Å². The van der Waals surface area contributed by atoms with Gasteiger partial charge < -0.3 is 9.64 Å². The summed E-state index contributed by atoms with van der Waals surface area (Å²) < 4.78 is 4.93. The van der Waals surface area contributed by atoms with E-state index < -0.39 is 0 Å². The van der Waals surface area contributed by atoms with Crippen molar-refractivity contribution in [2.24, 2.45) is 10.8 Å². The highest BCUT2D eigenvalue weighted by atomic mass is 16.5. The second kappa shape index (κ2) is 6.63. The maximum atomic E-state index is 5.44. The molecule has 0 rings (SSSR count). The molecule has 0 radical (unpaired) electrons. The largest absolute Gasteiger partial charge is 0.383 e. The molecule has 0 aliphatic rings. The highest BCUT2D eigenvalue weighted by molar-refractivity contribution is 5.79. The highest BCUT2D eigenvalue weighted by Crippen LogP contribution is 2.15. The number of hydrogen-bond acceptors (Lipinski definition) is 3. The molecule has 0 aliphatic heterocycles. The third-order valence-electron chi connectivity index (χ3n) is 2.78. The van der Waals surface area contributed by atoms with E-state index in [0.717, 1.165) is 6.42 Å². The summed E-state index contributed by atoms with van der Waals surface area (Å²) in [6.07, 6.45) is 1.02. The average Bonchev–Trinajstić information content (AvgIpc) is 2.23. The Labute approximate surface area is 92.7 Å². The lowest BCUT2D eigenvalue weighted by molar-refractivity contribution is 0.205. The van der Waals surface area contributed by atoms with Gasteiger partial charge in [0.2, 0.25) is 5.96 Å². The second-order valence-electron chi connectivity index (χ2n) is 4.07. The van der Waals surface area contributed by atoms with Crippen LogP contribution < -0.4 is 11.3 Å². The molecule has 0 fully saturated rings. The lowest BCUT2D eigenvalue weighted by Crippen LogP contribution is -2.52. The zero-order valence-electron chi connectivity index (χ0n) is 10.5. The fraction of sp³-hybridized carbons (Fsp3) is 0.900. The summed E-state index contributed by atoms with van der Waals surface area (Å²) >= 11 is 0. The van der Waals surface area contributed by atoms with Gasteiger partial charge in [0.1, 0.15) is 0 Å². The van der Waals surface area contributed by atoms with E-state index in [0.29, 0.717) is 19.1 Å². The van der Waals surface area contributed by atoms with Crippen LogP contribution in [0.1, 0.15) is 27.2 Å². The number of rotatable bonds is 5. The molecule has 0 saturated heterocycles. The van der Waals surface area contributed by atoms with Crippen molar-refractivity contribution in [2.45, 2.75) is 32.7 Å². The number of nitrogens with zero attached hydrogens (tertiary/aromatic N) is 2. The summed E-state index contributed by atoms with van der Waals surface area (Å²) in [5.41, 5.74) is 2.66. The van der Waals surface area contributed by atoms with Crippen LogP contribution in [0, 0.1) is 0 Å². The first-order valence-corrected chi connectivity index (χ1v) is 5.23. The van der Waals surface area contributed by atoms with Crippen LogP contribution in [-0.2, 0) is 4.74 Å². The summed E-state index contributed by atoms with van der Waals surface area (Å²) in [7, 11) is 3.64. The summed E-state index contributed by atoms with van der Waals surface area (Å²) in [5.74, 6) is 6.14. The number of nitrogens with one attached hydrogen (secondary N) is 1. The van der Waals surface area contributed by atoms with Gasteiger partial charge in [-0.1, -0.05) is 6.92 Å². The standard InChI is InChI=1S/C10H24N4O/c1-6-10(2,3)14(4)9(13-11)12-7-8-15-5/h6-8,11H2,1-5H3,(H,12,13). The first kappa shape index (κ1) is 14.2. The normalized spacial score (nSPS) is 12.8. The fourth-order valence-corrected chi connectivity index (χ4v) is 1.02. The van der Waals surface area contributed by atoms with Crippen molar-refractivity contribution in [3.8, 4) is 0 Å². The van der Waals surface area contributed by atoms with Crippen LogP contribution in [-0.4, -0.2) is 43.7 Å². The van der Waals surface area contributed by atoms with Crippen molar-refractivity contribution < 1.29 is 4.74 Å². The van der Waals surface area contributed by atoms with Crippen LogP contribution in [0.2, 0.25) is 0 Å². The van der Waals surface area contributed by atoms with E-state index in [1.807, 2.05) is 11.9 Å². The molecule has 15 heavy (non-hydrogen) atoms. The van der Waals surface area contributed by atoms with Gasteiger partial charge in [-0.25, -0.2) is 10.8 Å². The topological polar surface area (TPSA) is 62.9 Å². The zero-order valence-corrected chi connectivity index (χ0v) is 10.5. The third-order valence-corrected chi connectivity index (χ3v) is 2.78. The zero-order chi connectivity index (χ0) is 11.9. The first-order valence-electron chi connectivity index (χ1n) is 5.23. The number of hydrazine groups is 1. The maximum absolute atomic E-state index is 5.44.